The number of ether oxygens (including phenoxy) is 1. The number of likely N-dealkylation sites (N-methyl/N-ethyl adjacent to an activating group) is 1. The molecule has 0 amide bonds. The van der Waals surface area contributed by atoms with E-state index in [1.807, 2.05) is 6.07 Å². The van der Waals surface area contributed by atoms with Crippen LogP contribution in [0.15, 0.2) is 18.2 Å². The lowest BCUT2D eigenvalue weighted by atomic mass is 10.0. The second-order valence-corrected chi connectivity index (χ2v) is 4.52. The molecule has 4 nitrogen and oxygen atoms in total. The van der Waals surface area contributed by atoms with Crippen LogP contribution in [0.1, 0.15) is 31.4 Å². The molecule has 1 aromatic carbocycles. The summed E-state index contributed by atoms with van der Waals surface area (Å²) in [6.45, 7) is 3.71. The molecule has 0 aliphatic carbocycles. The fourth-order valence-electron chi connectivity index (χ4n) is 2.05. The van der Waals surface area contributed by atoms with Crippen molar-refractivity contribution in [2.45, 2.75) is 25.8 Å². The number of unbranched alkanes of at least 4 members (excludes halogenated alkanes) is 1. The van der Waals surface area contributed by atoms with Gasteiger partial charge in [-0.05, 0) is 37.7 Å². The molecule has 0 fully saturated rings. The molecule has 18 heavy (non-hydrogen) atoms. The van der Waals surface area contributed by atoms with Gasteiger partial charge in [0.25, 0.3) is 0 Å². The monoisotopic (exact) mass is 252 g/mol. The number of benzene rings is 1. The van der Waals surface area contributed by atoms with Gasteiger partial charge in [-0.1, -0.05) is 19.4 Å². The van der Waals surface area contributed by atoms with Crippen LogP contribution in [0, 0.1) is 0 Å². The van der Waals surface area contributed by atoms with Crippen molar-refractivity contribution < 1.29 is 9.84 Å². The summed E-state index contributed by atoms with van der Waals surface area (Å²) in [6.07, 6.45) is 2.31. The minimum absolute atomic E-state index is 0.133. The van der Waals surface area contributed by atoms with Gasteiger partial charge in [-0.25, -0.2) is 0 Å². The number of methoxy groups -OCH3 is 1. The summed E-state index contributed by atoms with van der Waals surface area (Å²) < 4.78 is 5.04. The van der Waals surface area contributed by atoms with Crippen molar-refractivity contribution in [3.63, 3.8) is 0 Å². The second-order valence-electron chi connectivity index (χ2n) is 4.52. The minimum Gasteiger partial charge on any atom is -0.504 e. The smallest absolute Gasteiger partial charge is 0.160 e. The van der Waals surface area contributed by atoms with Crippen LogP contribution in [0.3, 0.4) is 0 Å². The first-order valence-corrected chi connectivity index (χ1v) is 6.41. The highest BCUT2D eigenvalue weighted by atomic mass is 16.5. The van der Waals surface area contributed by atoms with E-state index in [0.29, 0.717) is 12.3 Å². The molecule has 1 rings (SSSR count). The second kappa shape index (κ2) is 7.24. The summed E-state index contributed by atoms with van der Waals surface area (Å²) >= 11 is 0. The lowest BCUT2D eigenvalue weighted by molar-refractivity contribution is 0.245. The Morgan fingerprint density at radius 1 is 1.44 bits per heavy atom. The number of phenols is 1. The maximum absolute atomic E-state index is 9.81. The Balaban J connectivity index is 2.84. The van der Waals surface area contributed by atoms with E-state index in [2.05, 4.69) is 18.9 Å². The predicted octanol–water partition coefficient (Wildman–Crippen LogP) is 2.13. The number of nitrogens with zero attached hydrogens (tertiary/aromatic N) is 1. The molecule has 1 unspecified atom stereocenters. The molecule has 102 valence electrons. The Kier molecular flexibility index (Phi) is 5.95. The third-order valence-corrected chi connectivity index (χ3v) is 3.21. The lowest BCUT2D eigenvalue weighted by Gasteiger charge is -2.27. The SMILES string of the molecule is CCCCN(C)C(CN)c1ccc(OC)c(O)c1. The van der Waals surface area contributed by atoms with Crippen LogP contribution in [0.2, 0.25) is 0 Å². The summed E-state index contributed by atoms with van der Waals surface area (Å²) in [4.78, 5) is 2.23. The molecule has 1 aromatic rings. The van der Waals surface area contributed by atoms with Gasteiger partial charge in [-0.3, -0.25) is 4.90 Å². The van der Waals surface area contributed by atoms with E-state index in [0.717, 1.165) is 24.9 Å². The van der Waals surface area contributed by atoms with Crippen molar-refractivity contribution in [2.24, 2.45) is 5.73 Å². The Hall–Kier alpha value is -1.26. The van der Waals surface area contributed by atoms with Gasteiger partial charge in [0.15, 0.2) is 11.5 Å². The Morgan fingerprint density at radius 3 is 2.67 bits per heavy atom. The van der Waals surface area contributed by atoms with E-state index in [4.69, 9.17) is 10.5 Å². The van der Waals surface area contributed by atoms with Gasteiger partial charge < -0.3 is 15.6 Å². The van der Waals surface area contributed by atoms with Crippen molar-refractivity contribution >= 4 is 0 Å². The summed E-state index contributed by atoms with van der Waals surface area (Å²) in [5.41, 5.74) is 6.87. The summed E-state index contributed by atoms with van der Waals surface area (Å²) in [5.74, 6) is 0.656. The largest absolute Gasteiger partial charge is 0.504 e. The van der Waals surface area contributed by atoms with Crippen LogP contribution in [0.25, 0.3) is 0 Å². The van der Waals surface area contributed by atoms with Crippen molar-refractivity contribution in [2.75, 3.05) is 27.2 Å². The molecule has 0 aliphatic heterocycles. The van der Waals surface area contributed by atoms with E-state index in [9.17, 15) is 5.11 Å². The molecule has 0 bridgehead atoms. The first-order chi connectivity index (χ1) is 8.63. The van der Waals surface area contributed by atoms with Crippen molar-refractivity contribution in [1.29, 1.82) is 0 Å². The normalized spacial score (nSPS) is 12.7. The van der Waals surface area contributed by atoms with Crippen molar-refractivity contribution in [3.8, 4) is 11.5 Å². The van der Waals surface area contributed by atoms with E-state index in [1.165, 1.54) is 0 Å². The first-order valence-electron chi connectivity index (χ1n) is 6.41. The van der Waals surface area contributed by atoms with Gasteiger partial charge in [0.2, 0.25) is 0 Å². The zero-order valence-corrected chi connectivity index (χ0v) is 11.5. The third-order valence-electron chi connectivity index (χ3n) is 3.21. The molecule has 0 aromatic heterocycles. The number of nitrogens with two attached hydrogens (primary N) is 1. The zero-order valence-electron chi connectivity index (χ0n) is 11.5. The van der Waals surface area contributed by atoms with Crippen LogP contribution in [-0.4, -0.2) is 37.3 Å². The van der Waals surface area contributed by atoms with Crippen LogP contribution in [-0.2, 0) is 0 Å². The summed E-state index contributed by atoms with van der Waals surface area (Å²) in [7, 11) is 3.61. The molecule has 0 aliphatic rings. The third kappa shape index (κ3) is 3.62. The van der Waals surface area contributed by atoms with E-state index >= 15 is 0 Å². The predicted molar refractivity (Wildman–Crippen MR) is 74.0 cm³/mol. The van der Waals surface area contributed by atoms with E-state index < -0.39 is 0 Å². The van der Waals surface area contributed by atoms with Gasteiger partial charge in [0.05, 0.1) is 7.11 Å². The maximum atomic E-state index is 9.81. The summed E-state index contributed by atoms with van der Waals surface area (Å²) in [6, 6.07) is 5.60. The molecular weight excluding hydrogens is 228 g/mol. The van der Waals surface area contributed by atoms with Gasteiger partial charge in [-0.15, -0.1) is 0 Å². The lowest BCUT2D eigenvalue weighted by Crippen LogP contribution is -2.31. The average molecular weight is 252 g/mol. The molecule has 0 radical (unpaired) electrons. The number of hydrogen-bond acceptors (Lipinski definition) is 4. The Labute approximate surface area is 109 Å². The molecule has 1 atom stereocenters. The van der Waals surface area contributed by atoms with Crippen molar-refractivity contribution in [1.82, 2.24) is 4.90 Å². The number of rotatable bonds is 7. The fourth-order valence-corrected chi connectivity index (χ4v) is 2.05. The molecular formula is C14H24N2O2. The quantitative estimate of drug-likeness (QED) is 0.780. The van der Waals surface area contributed by atoms with Gasteiger partial charge >= 0.3 is 0 Å². The Bertz CT molecular complexity index is 369. The number of hydrogen-bond donors (Lipinski definition) is 2. The highest BCUT2D eigenvalue weighted by molar-refractivity contribution is 5.42. The highest BCUT2D eigenvalue weighted by Gasteiger charge is 2.16. The number of aromatic hydroxyl groups is 1. The summed E-state index contributed by atoms with van der Waals surface area (Å²) in [5, 5.41) is 9.81. The van der Waals surface area contributed by atoms with Crippen LogP contribution in [0.4, 0.5) is 0 Å². The van der Waals surface area contributed by atoms with E-state index in [1.54, 1.807) is 19.2 Å². The molecule has 4 heteroatoms. The van der Waals surface area contributed by atoms with Gasteiger partial charge in [0, 0.05) is 12.6 Å². The molecule has 0 saturated heterocycles. The van der Waals surface area contributed by atoms with Crippen LogP contribution in [0.5, 0.6) is 11.5 Å². The van der Waals surface area contributed by atoms with Crippen LogP contribution >= 0.6 is 0 Å². The maximum Gasteiger partial charge on any atom is 0.160 e. The molecule has 0 spiro atoms. The standard InChI is InChI=1S/C14H24N2O2/c1-4-5-8-16(2)12(10-15)11-6-7-14(18-3)13(17)9-11/h6-7,9,12,17H,4-5,8,10,15H2,1-3H3. The zero-order chi connectivity index (χ0) is 13.5. The average Bonchev–Trinajstić information content (AvgIpc) is 2.37. The minimum atomic E-state index is 0.133. The molecule has 0 heterocycles. The van der Waals surface area contributed by atoms with Crippen LogP contribution < -0.4 is 10.5 Å². The topological polar surface area (TPSA) is 58.7 Å². The van der Waals surface area contributed by atoms with Gasteiger partial charge in [0.1, 0.15) is 0 Å². The highest BCUT2D eigenvalue weighted by Crippen LogP contribution is 2.30. The van der Waals surface area contributed by atoms with E-state index in [-0.39, 0.29) is 11.8 Å². The van der Waals surface area contributed by atoms with Crippen molar-refractivity contribution in [3.05, 3.63) is 23.8 Å². The molecule has 3 N–H and O–H groups in total. The Morgan fingerprint density at radius 2 is 2.17 bits per heavy atom. The molecule has 0 saturated carbocycles. The number of phenolic OH excluding ortho intramolecular Hbond substituents is 1. The van der Waals surface area contributed by atoms with Gasteiger partial charge in [-0.2, -0.15) is 0 Å². The fraction of sp³-hybridized carbons (Fsp3) is 0.571. The first kappa shape index (κ1) is 14.8.